The zero-order chi connectivity index (χ0) is 10.3. The van der Waals surface area contributed by atoms with E-state index < -0.39 is 0 Å². The minimum atomic E-state index is 0.326. The highest BCUT2D eigenvalue weighted by Crippen LogP contribution is 2.07. The Balaban J connectivity index is 0.000000671. The summed E-state index contributed by atoms with van der Waals surface area (Å²) < 4.78 is 0. The molecule has 3 nitrogen and oxygen atoms in total. The number of nitrogen functional groups attached to an aromatic ring is 1. The lowest BCUT2D eigenvalue weighted by Gasteiger charge is -1.98. The number of nitrogens with zero attached hydrogens (tertiary/aromatic N) is 2. The number of hydrogen-bond donors (Lipinski definition) is 1. The van der Waals surface area contributed by atoms with Crippen LogP contribution in [0.4, 0.5) is 5.82 Å². The van der Waals surface area contributed by atoms with Gasteiger partial charge in [0.15, 0.2) is 0 Å². The summed E-state index contributed by atoms with van der Waals surface area (Å²) in [6.07, 6.45) is 0.843. The molecule has 0 aliphatic heterocycles. The number of nitrogens with two attached hydrogens (primary N) is 1. The Bertz CT molecular complexity index is 300. The molecule has 0 aliphatic rings. The first-order valence-electron chi connectivity index (χ1n) is 4.43. The van der Waals surface area contributed by atoms with Gasteiger partial charge in [0.2, 0.25) is 0 Å². The van der Waals surface area contributed by atoms with Gasteiger partial charge in [0.1, 0.15) is 11.9 Å². The summed E-state index contributed by atoms with van der Waals surface area (Å²) in [5.41, 5.74) is 6.84. The van der Waals surface area contributed by atoms with Crippen molar-refractivity contribution >= 4 is 5.82 Å². The van der Waals surface area contributed by atoms with E-state index in [1.54, 1.807) is 6.07 Å². The highest BCUT2D eigenvalue weighted by molar-refractivity contribution is 5.48. The molecule has 1 rings (SSSR count). The van der Waals surface area contributed by atoms with Crippen LogP contribution in [0.2, 0.25) is 0 Å². The minimum absolute atomic E-state index is 0.326. The van der Waals surface area contributed by atoms with E-state index in [4.69, 9.17) is 11.0 Å². The second-order valence-corrected chi connectivity index (χ2v) is 2.20. The molecule has 0 radical (unpaired) electrons. The van der Waals surface area contributed by atoms with Crippen molar-refractivity contribution in [2.75, 3.05) is 5.73 Å². The van der Waals surface area contributed by atoms with Gasteiger partial charge in [-0.15, -0.1) is 0 Å². The summed E-state index contributed by atoms with van der Waals surface area (Å²) in [5.74, 6) is 0.326. The molecule has 0 unspecified atom stereocenters. The number of aromatic nitrogens is 1. The molecule has 0 saturated heterocycles. The van der Waals surface area contributed by atoms with Crippen LogP contribution in [0, 0.1) is 11.3 Å². The summed E-state index contributed by atoms with van der Waals surface area (Å²) in [6.45, 7) is 5.99. The molecule has 70 valence electrons. The molecular weight excluding hydrogens is 162 g/mol. The second kappa shape index (κ2) is 6.01. The molecule has 0 bridgehead atoms. The maximum Gasteiger partial charge on any atom is 0.141 e. The quantitative estimate of drug-likeness (QED) is 0.714. The van der Waals surface area contributed by atoms with E-state index in [0.717, 1.165) is 12.1 Å². The average Bonchev–Trinajstić information content (AvgIpc) is 2.20. The third-order valence-corrected chi connectivity index (χ3v) is 1.47. The zero-order valence-electron chi connectivity index (χ0n) is 8.33. The van der Waals surface area contributed by atoms with Crippen molar-refractivity contribution in [1.29, 1.82) is 5.26 Å². The van der Waals surface area contributed by atoms with Gasteiger partial charge >= 0.3 is 0 Å². The standard InChI is InChI=1S/C8H9N3.C2H6/c1-2-7-4-3-6(5-9)8(10)11-7;1-2/h3-4H,2H2,1H3,(H2,10,11);1-2H3. The Morgan fingerprint density at radius 1 is 1.46 bits per heavy atom. The highest BCUT2D eigenvalue weighted by atomic mass is 14.8. The van der Waals surface area contributed by atoms with Crippen molar-refractivity contribution in [2.24, 2.45) is 0 Å². The number of anilines is 1. The van der Waals surface area contributed by atoms with Crippen LogP contribution in [0.1, 0.15) is 32.0 Å². The molecule has 1 aromatic rings. The van der Waals surface area contributed by atoms with Crippen LogP contribution < -0.4 is 5.73 Å². The second-order valence-electron chi connectivity index (χ2n) is 2.20. The van der Waals surface area contributed by atoms with E-state index >= 15 is 0 Å². The highest BCUT2D eigenvalue weighted by Gasteiger charge is 1.98. The minimum Gasteiger partial charge on any atom is -0.383 e. The Morgan fingerprint density at radius 3 is 2.46 bits per heavy atom. The van der Waals surface area contributed by atoms with Gasteiger partial charge in [-0.25, -0.2) is 4.98 Å². The van der Waals surface area contributed by atoms with E-state index in [2.05, 4.69) is 4.98 Å². The van der Waals surface area contributed by atoms with Crippen molar-refractivity contribution in [3.63, 3.8) is 0 Å². The summed E-state index contributed by atoms with van der Waals surface area (Å²) in [4.78, 5) is 4.02. The summed E-state index contributed by atoms with van der Waals surface area (Å²) in [6, 6.07) is 5.47. The van der Waals surface area contributed by atoms with Crippen LogP contribution in [-0.4, -0.2) is 4.98 Å². The third-order valence-electron chi connectivity index (χ3n) is 1.47. The monoisotopic (exact) mass is 177 g/mol. The molecule has 0 fully saturated rings. The fraction of sp³-hybridized carbons (Fsp3) is 0.400. The lowest BCUT2D eigenvalue weighted by atomic mass is 10.2. The lowest BCUT2D eigenvalue weighted by Crippen LogP contribution is -1.97. The molecule has 2 N–H and O–H groups in total. The number of aryl methyl sites for hydroxylation is 1. The summed E-state index contributed by atoms with van der Waals surface area (Å²) >= 11 is 0. The lowest BCUT2D eigenvalue weighted by molar-refractivity contribution is 1.04. The average molecular weight is 177 g/mol. The number of pyridine rings is 1. The number of rotatable bonds is 1. The van der Waals surface area contributed by atoms with Crippen LogP contribution in [0.3, 0.4) is 0 Å². The van der Waals surface area contributed by atoms with Gasteiger partial charge in [-0.1, -0.05) is 20.8 Å². The van der Waals surface area contributed by atoms with Crippen molar-refractivity contribution in [3.8, 4) is 6.07 Å². The van der Waals surface area contributed by atoms with Gasteiger partial charge in [0.05, 0.1) is 5.56 Å². The Labute approximate surface area is 79.2 Å². The topological polar surface area (TPSA) is 62.7 Å². The molecule has 0 spiro atoms. The molecule has 3 heteroatoms. The van der Waals surface area contributed by atoms with Crippen molar-refractivity contribution in [1.82, 2.24) is 4.98 Å². The summed E-state index contributed by atoms with van der Waals surface area (Å²) in [5, 5.41) is 8.51. The summed E-state index contributed by atoms with van der Waals surface area (Å²) in [7, 11) is 0. The van der Waals surface area contributed by atoms with Gasteiger partial charge in [0.25, 0.3) is 0 Å². The van der Waals surface area contributed by atoms with Gasteiger partial charge in [-0.05, 0) is 18.6 Å². The first-order chi connectivity index (χ1) is 6.27. The smallest absolute Gasteiger partial charge is 0.141 e. The molecule has 0 aromatic carbocycles. The molecule has 1 aromatic heterocycles. The van der Waals surface area contributed by atoms with Crippen molar-refractivity contribution < 1.29 is 0 Å². The molecule has 0 atom stereocenters. The normalized spacial score (nSPS) is 8.15. The van der Waals surface area contributed by atoms with E-state index in [0.29, 0.717) is 11.4 Å². The van der Waals surface area contributed by atoms with E-state index in [9.17, 15) is 0 Å². The molecule has 0 saturated carbocycles. The SMILES string of the molecule is CC.CCc1ccc(C#N)c(N)n1. The fourth-order valence-electron chi connectivity index (χ4n) is 0.809. The first-order valence-corrected chi connectivity index (χ1v) is 4.43. The maximum absolute atomic E-state index is 8.51. The van der Waals surface area contributed by atoms with E-state index in [-0.39, 0.29) is 0 Å². The third kappa shape index (κ3) is 3.12. The largest absolute Gasteiger partial charge is 0.383 e. The molecule has 1 heterocycles. The number of nitriles is 1. The Morgan fingerprint density at radius 2 is 2.08 bits per heavy atom. The van der Waals surface area contributed by atoms with Crippen molar-refractivity contribution in [3.05, 3.63) is 23.4 Å². The van der Waals surface area contributed by atoms with Gasteiger partial charge in [-0.2, -0.15) is 5.26 Å². The van der Waals surface area contributed by atoms with Crippen LogP contribution in [-0.2, 0) is 6.42 Å². The van der Waals surface area contributed by atoms with Gasteiger partial charge < -0.3 is 5.73 Å². The van der Waals surface area contributed by atoms with E-state index in [1.807, 2.05) is 32.9 Å². The molecular formula is C10H15N3. The van der Waals surface area contributed by atoms with Crippen LogP contribution in [0.5, 0.6) is 0 Å². The first kappa shape index (κ1) is 11.4. The maximum atomic E-state index is 8.51. The van der Waals surface area contributed by atoms with Gasteiger partial charge in [-0.3, -0.25) is 0 Å². The van der Waals surface area contributed by atoms with Crippen LogP contribution >= 0.6 is 0 Å². The Hall–Kier alpha value is -1.56. The van der Waals surface area contributed by atoms with Crippen LogP contribution in [0.25, 0.3) is 0 Å². The molecule has 13 heavy (non-hydrogen) atoms. The zero-order valence-corrected chi connectivity index (χ0v) is 8.33. The van der Waals surface area contributed by atoms with E-state index in [1.165, 1.54) is 0 Å². The number of hydrogen-bond acceptors (Lipinski definition) is 3. The van der Waals surface area contributed by atoms with Gasteiger partial charge in [0, 0.05) is 5.69 Å². The van der Waals surface area contributed by atoms with Crippen molar-refractivity contribution in [2.45, 2.75) is 27.2 Å². The predicted octanol–water partition coefficient (Wildman–Crippen LogP) is 2.12. The Kier molecular flexibility index (Phi) is 5.29. The van der Waals surface area contributed by atoms with Crippen LogP contribution in [0.15, 0.2) is 12.1 Å². The fourth-order valence-corrected chi connectivity index (χ4v) is 0.809. The predicted molar refractivity (Wildman–Crippen MR) is 54.1 cm³/mol. The molecule has 0 amide bonds. The molecule has 0 aliphatic carbocycles.